The second kappa shape index (κ2) is 10.1. The highest BCUT2D eigenvalue weighted by molar-refractivity contribution is 5.98. The molecule has 174 valence electrons. The van der Waals surface area contributed by atoms with Crippen LogP contribution in [0.3, 0.4) is 0 Å². The highest BCUT2D eigenvalue weighted by Gasteiger charge is 2.38. The fourth-order valence-corrected chi connectivity index (χ4v) is 4.98. The Kier molecular flexibility index (Phi) is 6.96. The Morgan fingerprint density at radius 3 is 2.39 bits per heavy atom. The largest absolute Gasteiger partial charge is 0.496 e. The summed E-state index contributed by atoms with van der Waals surface area (Å²) in [7, 11) is 1.67. The SMILES string of the molecule is COc1ccccc1C1(CNC(=O)CNC(=O)c2ccc(N3CCCC3=O)cc2)CCCC1. The molecule has 3 amide bonds. The van der Waals surface area contributed by atoms with E-state index in [9.17, 15) is 14.4 Å². The van der Waals surface area contributed by atoms with E-state index in [0.717, 1.165) is 49.1 Å². The molecule has 1 heterocycles. The van der Waals surface area contributed by atoms with Crippen LogP contribution in [0.4, 0.5) is 5.69 Å². The number of hydrogen-bond donors (Lipinski definition) is 2. The lowest BCUT2D eigenvalue weighted by atomic mass is 9.78. The molecule has 0 unspecified atom stereocenters. The lowest BCUT2D eigenvalue weighted by Gasteiger charge is -2.31. The highest BCUT2D eigenvalue weighted by atomic mass is 16.5. The van der Waals surface area contributed by atoms with Crippen LogP contribution < -0.4 is 20.3 Å². The van der Waals surface area contributed by atoms with Gasteiger partial charge in [-0.2, -0.15) is 0 Å². The summed E-state index contributed by atoms with van der Waals surface area (Å²) in [6.45, 7) is 1.13. The molecule has 1 saturated carbocycles. The lowest BCUT2D eigenvalue weighted by molar-refractivity contribution is -0.120. The van der Waals surface area contributed by atoms with E-state index in [1.807, 2.05) is 18.2 Å². The molecule has 0 radical (unpaired) electrons. The van der Waals surface area contributed by atoms with Crippen LogP contribution in [0.15, 0.2) is 48.5 Å². The van der Waals surface area contributed by atoms with Gasteiger partial charge in [0.15, 0.2) is 0 Å². The molecule has 1 saturated heterocycles. The zero-order valence-corrected chi connectivity index (χ0v) is 19.1. The van der Waals surface area contributed by atoms with Crippen molar-refractivity contribution in [3.05, 3.63) is 59.7 Å². The van der Waals surface area contributed by atoms with Gasteiger partial charge >= 0.3 is 0 Å². The van der Waals surface area contributed by atoms with Crippen LogP contribution in [0.5, 0.6) is 5.75 Å². The Labute approximate surface area is 194 Å². The van der Waals surface area contributed by atoms with Gasteiger partial charge in [0.05, 0.1) is 13.7 Å². The van der Waals surface area contributed by atoms with Crippen molar-refractivity contribution in [1.82, 2.24) is 10.6 Å². The average Bonchev–Trinajstić information content (AvgIpc) is 3.51. The molecule has 0 spiro atoms. The summed E-state index contributed by atoms with van der Waals surface area (Å²) < 4.78 is 5.57. The average molecular weight is 450 g/mol. The fourth-order valence-electron chi connectivity index (χ4n) is 4.98. The van der Waals surface area contributed by atoms with Gasteiger partial charge < -0.3 is 20.3 Å². The summed E-state index contributed by atoms with van der Waals surface area (Å²) in [5.41, 5.74) is 2.24. The molecule has 1 aliphatic heterocycles. The van der Waals surface area contributed by atoms with E-state index in [2.05, 4.69) is 16.7 Å². The quantitative estimate of drug-likeness (QED) is 0.648. The van der Waals surface area contributed by atoms with E-state index in [1.54, 1.807) is 36.3 Å². The van der Waals surface area contributed by atoms with Crippen molar-refractivity contribution in [2.75, 3.05) is 31.6 Å². The number of nitrogens with zero attached hydrogens (tertiary/aromatic N) is 1. The van der Waals surface area contributed by atoms with Crippen LogP contribution in [-0.2, 0) is 15.0 Å². The number of hydrogen-bond acceptors (Lipinski definition) is 4. The van der Waals surface area contributed by atoms with Crippen LogP contribution >= 0.6 is 0 Å². The molecule has 7 heteroatoms. The number of rotatable bonds is 8. The molecule has 0 bridgehead atoms. The monoisotopic (exact) mass is 449 g/mol. The van der Waals surface area contributed by atoms with Gasteiger partial charge in [-0.3, -0.25) is 14.4 Å². The summed E-state index contributed by atoms with van der Waals surface area (Å²) in [4.78, 5) is 38.6. The zero-order valence-electron chi connectivity index (χ0n) is 19.1. The summed E-state index contributed by atoms with van der Waals surface area (Å²) in [6.07, 6.45) is 5.63. The molecule has 2 aliphatic rings. The molecule has 33 heavy (non-hydrogen) atoms. The molecule has 2 N–H and O–H groups in total. The topological polar surface area (TPSA) is 87.7 Å². The normalized spacial score (nSPS) is 17.1. The second-order valence-electron chi connectivity index (χ2n) is 8.84. The number of carbonyl (C=O) groups is 3. The van der Waals surface area contributed by atoms with Crippen molar-refractivity contribution in [3.8, 4) is 5.75 Å². The first kappa shape index (κ1) is 22.8. The van der Waals surface area contributed by atoms with E-state index in [-0.39, 0.29) is 29.7 Å². The number of para-hydroxylation sites is 1. The summed E-state index contributed by atoms with van der Waals surface area (Å²) in [5.74, 6) is 0.423. The second-order valence-corrected chi connectivity index (χ2v) is 8.84. The summed E-state index contributed by atoms with van der Waals surface area (Å²) in [6, 6.07) is 14.9. The fraction of sp³-hybridized carbons (Fsp3) is 0.423. The highest BCUT2D eigenvalue weighted by Crippen LogP contribution is 2.44. The molecule has 2 aromatic rings. The minimum Gasteiger partial charge on any atom is -0.496 e. The molecule has 0 atom stereocenters. The van der Waals surface area contributed by atoms with Crippen molar-refractivity contribution in [3.63, 3.8) is 0 Å². The van der Waals surface area contributed by atoms with E-state index < -0.39 is 0 Å². The maximum absolute atomic E-state index is 12.5. The third-order valence-electron chi connectivity index (χ3n) is 6.79. The third kappa shape index (κ3) is 5.02. The molecule has 0 aromatic heterocycles. The standard InChI is InChI=1S/C26H31N3O4/c1-33-22-8-3-2-7-21(22)26(14-4-5-15-26)18-28-23(30)17-27-25(32)19-10-12-20(13-11-19)29-16-6-9-24(29)31/h2-3,7-8,10-13H,4-6,9,14-18H2,1H3,(H,27,32)(H,28,30). The van der Waals surface area contributed by atoms with Crippen molar-refractivity contribution in [1.29, 1.82) is 0 Å². The van der Waals surface area contributed by atoms with Crippen LogP contribution in [0.2, 0.25) is 0 Å². The van der Waals surface area contributed by atoms with E-state index >= 15 is 0 Å². The maximum atomic E-state index is 12.5. The van der Waals surface area contributed by atoms with Gasteiger partial charge in [-0.25, -0.2) is 0 Å². The smallest absolute Gasteiger partial charge is 0.251 e. The molecular weight excluding hydrogens is 418 g/mol. The Morgan fingerprint density at radius 1 is 1.00 bits per heavy atom. The van der Waals surface area contributed by atoms with Crippen LogP contribution in [0.1, 0.15) is 54.4 Å². The van der Waals surface area contributed by atoms with Crippen LogP contribution in [-0.4, -0.2) is 44.5 Å². The number of amides is 3. The number of methoxy groups -OCH3 is 1. The number of anilines is 1. The molecular formula is C26H31N3O4. The lowest BCUT2D eigenvalue weighted by Crippen LogP contribution is -2.43. The Balaban J connectivity index is 1.31. The van der Waals surface area contributed by atoms with Crippen LogP contribution in [0.25, 0.3) is 0 Å². The molecule has 1 aliphatic carbocycles. The first-order valence-corrected chi connectivity index (χ1v) is 11.6. The van der Waals surface area contributed by atoms with Crippen molar-refractivity contribution in [2.24, 2.45) is 0 Å². The van der Waals surface area contributed by atoms with Crippen molar-refractivity contribution >= 4 is 23.4 Å². The Bertz CT molecular complexity index is 1010. The van der Waals surface area contributed by atoms with Gasteiger partial charge in [0.2, 0.25) is 11.8 Å². The third-order valence-corrected chi connectivity index (χ3v) is 6.79. The predicted octanol–water partition coefficient (Wildman–Crippen LogP) is 3.18. The first-order chi connectivity index (χ1) is 16.0. The Hall–Kier alpha value is -3.35. The number of benzene rings is 2. The van der Waals surface area contributed by atoms with Gasteiger partial charge in [0.25, 0.3) is 5.91 Å². The van der Waals surface area contributed by atoms with Crippen molar-refractivity contribution in [2.45, 2.75) is 43.9 Å². The first-order valence-electron chi connectivity index (χ1n) is 11.6. The van der Waals surface area contributed by atoms with Crippen molar-refractivity contribution < 1.29 is 19.1 Å². The number of carbonyl (C=O) groups excluding carboxylic acids is 3. The minimum absolute atomic E-state index is 0.0901. The van der Waals surface area contributed by atoms with E-state index in [1.165, 1.54) is 0 Å². The molecule has 2 fully saturated rings. The molecule has 7 nitrogen and oxygen atoms in total. The summed E-state index contributed by atoms with van der Waals surface area (Å²) >= 11 is 0. The van der Waals surface area contributed by atoms with Gasteiger partial charge in [-0.1, -0.05) is 31.0 Å². The molecule has 2 aromatic carbocycles. The van der Waals surface area contributed by atoms with Gasteiger partial charge in [0, 0.05) is 41.7 Å². The summed E-state index contributed by atoms with van der Waals surface area (Å²) in [5, 5.41) is 5.71. The van der Waals surface area contributed by atoms with Crippen LogP contribution in [0, 0.1) is 0 Å². The van der Waals surface area contributed by atoms with E-state index in [0.29, 0.717) is 25.1 Å². The Morgan fingerprint density at radius 2 is 1.73 bits per heavy atom. The zero-order chi connectivity index (χ0) is 23.3. The van der Waals surface area contributed by atoms with Gasteiger partial charge in [-0.05, 0) is 49.6 Å². The number of ether oxygens (including phenoxy) is 1. The maximum Gasteiger partial charge on any atom is 0.251 e. The van der Waals surface area contributed by atoms with Gasteiger partial charge in [-0.15, -0.1) is 0 Å². The van der Waals surface area contributed by atoms with E-state index in [4.69, 9.17) is 4.74 Å². The van der Waals surface area contributed by atoms with Gasteiger partial charge in [0.1, 0.15) is 5.75 Å². The number of nitrogens with one attached hydrogen (secondary N) is 2. The predicted molar refractivity (Wildman–Crippen MR) is 127 cm³/mol. The minimum atomic E-state index is -0.315. The molecule has 4 rings (SSSR count).